The number of piperidine rings is 1. The Bertz CT molecular complexity index is 1920. The number of cyclic esters (lactones) is 1. The zero-order valence-electron chi connectivity index (χ0n) is 27.8. The van der Waals surface area contributed by atoms with Crippen LogP contribution in [0.15, 0.2) is 35.3 Å². The summed E-state index contributed by atoms with van der Waals surface area (Å²) >= 11 is 0. The Morgan fingerprint density at radius 1 is 1.06 bits per heavy atom. The highest BCUT2D eigenvalue weighted by atomic mass is 19.1. The summed E-state index contributed by atoms with van der Waals surface area (Å²) in [6.45, 7) is 4.32. The number of halogens is 2. The molecule has 2 amide bonds. The summed E-state index contributed by atoms with van der Waals surface area (Å²) in [6.07, 6.45) is 3.61. The van der Waals surface area contributed by atoms with Gasteiger partial charge < -0.3 is 34.1 Å². The van der Waals surface area contributed by atoms with Crippen molar-refractivity contribution in [3.63, 3.8) is 0 Å². The van der Waals surface area contributed by atoms with Gasteiger partial charge in [-0.05, 0) is 56.3 Å². The smallest absolute Gasteiger partial charge is 0.414 e. The zero-order valence-corrected chi connectivity index (χ0v) is 27.8. The molecule has 1 saturated carbocycles. The van der Waals surface area contributed by atoms with E-state index in [-0.39, 0.29) is 60.3 Å². The molecular formula is C35H39F2N5O8. The lowest BCUT2D eigenvalue weighted by Gasteiger charge is -2.40. The van der Waals surface area contributed by atoms with Crippen molar-refractivity contribution in [1.82, 2.24) is 14.8 Å². The Labute approximate surface area is 286 Å². The van der Waals surface area contributed by atoms with Crippen molar-refractivity contribution < 1.29 is 42.5 Å². The number of carboxylic acids is 1. The lowest BCUT2D eigenvalue weighted by molar-refractivity contribution is -0.119. The van der Waals surface area contributed by atoms with E-state index in [1.807, 2.05) is 4.90 Å². The van der Waals surface area contributed by atoms with Crippen LogP contribution < -0.4 is 30.0 Å². The maximum Gasteiger partial charge on any atom is 0.414 e. The summed E-state index contributed by atoms with van der Waals surface area (Å²) in [4.78, 5) is 54.0. The molecule has 4 fully saturated rings. The van der Waals surface area contributed by atoms with Gasteiger partial charge in [-0.1, -0.05) is 0 Å². The number of amides is 2. The molecule has 2 unspecified atom stereocenters. The second-order valence-corrected chi connectivity index (χ2v) is 13.4. The lowest BCUT2D eigenvalue weighted by Crippen LogP contribution is -2.49. The van der Waals surface area contributed by atoms with Gasteiger partial charge in [0.05, 0.1) is 36.8 Å². The van der Waals surface area contributed by atoms with Gasteiger partial charge in [0.15, 0.2) is 23.1 Å². The van der Waals surface area contributed by atoms with Crippen LogP contribution in [0.3, 0.4) is 0 Å². The molecule has 7 rings (SSSR count). The molecule has 3 aromatic rings. The number of anilines is 2. The summed E-state index contributed by atoms with van der Waals surface area (Å²) in [6, 6.07) is 5.51. The van der Waals surface area contributed by atoms with Gasteiger partial charge in [0.1, 0.15) is 24.0 Å². The molecule has 0 spiro atoms. The third-order valence-electron chi connectivity index (χ3n) is 10.2. The average molecular weight is 696 g/mol. The molecule has 15 heteroatoms. The number of fused-ring (bicyclic) bond motifs is 2. The Morgan fingerprint density at radius 3 is 2.54 bits per heavy atom. The Kier molecular flexibility index (Phi) is 9.01. The van der Waals surface area contributed by atoms with E-state index in [0.29, 0.717) is 36.8 Å². The van der Waals surface area contributed by atoms with E-state index in [0.717, 1.165) is 38.3 Å². The highest BCUT2D eigenvalue weighted by Crippen LogP contribution is 2.45. The number of nitrogens with one attached hydrogen (secondary N) is 1. The van der Waals surface area contributed by atoms with Gasteiger partial charge in [-0.3, -0.25) is 19.4 Å². The van der Waals surface area contributed by atoms with Crippen molar-refractivity contribution in [3.05, 3.63) is 57.9 Å². The number of rotatable bonds is 11. The van der Waals surface area contributed by atoms with Gasteiger partial charge in [-0.2, -0.15) is 0 Å². The number of methoxy groups -OCH3 is 1. The fourth-order valence-corrected chi connectivity index (χ4v) is 7.58. The first-order valence-electron chi connectivity index (χ1n) is 16.9. The number of carbonyl (C=O) groups is 3. The highest BCUT2D eigenvalue weighted by molar-refractivity contribution is 5.97. The number of pyridine rings is 1. The number of ether oxygens (including phenoxy) is 3. The minimum absolute atomic E-state index is 0.00533. The molecule has 4 heterocycles. The molecule has 1 aromatic heterocycles. The highest BCUT2D eigenvalue weighted by Gasteiger charge is 2.40. The number of likely N-dealkylation sites (tertiary alicyclic amines) is 1. The van der Waals surface area contributed by atoms with Crippen molar-refractivity contribution >= 4 is 40.2 Å². The van der Waals surface area contributed by atoms with Gasteiger partial charge in [0.2, 0.25) is 11.3 Å². The number of carboxylic acid groups (broad SMARTS) is 1. The van der Waals surface area contributed by atoms with E-state index in [1.54, 1.807) is 10.6 Å². The molecule has 0 bridgehead atoms. The van der Waals surface area contributed by atoms with Crippen LogP contribution in [0.4, 0.5) is 25.0 Å². The van der Waals surface area contributed by atoms with Crippen molar-refractivity contribution in [3.8, 4) is 11.5 Å². The summed E-state index contributed by atoms with van der Waals surface area (Å²) in [5, 5.41) is 12.2. The van der Waals surface area contributed by atoms with Gasteiger partial charge in [-0.15, -0.1) is 0 Å². The molecule has 266 valence electrons. The summed E-state index contributed by atoms with van der Waals surface area (Å²) in [5.74, 6) is -2.21. The number of hydrogen-bond acceptors (Lipinski definition) is 9. The molecule has 0 radical (unpaired) electrons. The van der Waals surface area contributed by atoms with Crippen molar-refractivity contribution in [2.45, 2.75) is 50.8 Å². The van der Waals surface area contributed by atoms with Crippen molar-refractivity contribution in [2.75, 3.05) is 62.8 Å². The van der Waals surface area contributed by atoms with E-state index in [4.69, 9.17) is 14.2 Å². The predicted molar refractivity (Wildman–Crippen MR) is 178 cm³/mol. The third kappa shape index (κ3) is 6.30. The van der Waals surface area contributed by atoms with Crippen LogP contribution in [0.5, 0.6) is 11.5 Å². The monoisotopic (exact) mass is 695 g/mol. The standard InChI is InChI=1S/C35H39F2N5O8/c1-19(43)38-15-23-16-42(35(47)50-23)22-5-6-29(26(36)13-22)49-12-11-39-9-7-20-8-10-40(18-28(20)39)31-27(37)14-24-30(33(31)48-2)41(21-3-4-21)17-25(32(24)44)34(45)46/h5-6,13-14,17,20-21,23,28H,3-4,7-12,15-16,18H2,1-2H3,(H,38,43)(H,45,46)/t20?,23-,28?/m0/s1. The first kappa shape index (κ1) is 33.6. The fraction of sp³-hybridized carbons (Fsp3) is 0.486. The zero-order chi connectivity index (χ0) is 35.3. The number of nitrogens with zero attached hydrogens (tertiary/aromatic N) is 4. The van der Waals surface area contributed by atoms with Crippen LogP contribution in [0.1, 0.15) is 49.0 Å². The maximum absolute atomic E-state index is 16.0. The Morgan fingerprint density at radius 2 is 1.84 bits per heavy atom. The molecular weight excluding hydrogens is 656 g/mol. The van der Waals surface area contributed by atoms with E-state index < -0.39 is 40.8 Å². The molecule has 2 aromatic carbocycles. The first-order chi connectivity index (χ1) is 24.0. The van der Waals surface area contributed by atoms with E-state index in [1.165, 1.54) is 37.3 Å². The second-order valence-electron chi connectivity index (χ2n) is 13.4. The SMILES string of the molecule is COc1c(N2CCC3CCN(CCOc4ccc(N5C[C@H](CNC(C)=O)OC5=O)cc4F)C3C2)c(F)cc2c(=O)c(C(=O)O)cn(C3CC3)c12. The molecule has 3 atom stereocenters. The number of carbonyl (C=O) groups excluding carboxylic acids is 2. The van der Waals surface area contributed by atoms with Crippen LogP contribution in [0.2, 0.25) is 0 Å². The molecule has 1 aliphatic carbocycles. The van der Waals surface area contributed by atoms with Crippen LogP contribution in [-0.2, 0) is 9.53 Å². The topological polar surface area (TPSA) is 143 Å². The average Bonchev–Trinajstić information content (AvgIpc) is 3.75. The van der Waals surface area contributed by atoms with Crippen molar-refractivity contribution in [2.24, 2.45) is 5.92 Å². The van der Waals surface area contributed by atoms with Crippen molar-refractivity contribution in [1.29, 1.82) is 0 Å². The van der Waals surface area contributed by atoms with Crippen LogP contribution in [-0.4, -0.2) is 97.7 Å². The van der Waals surface area contributed by atoms with Gasteiger partial charge in [0.25, 0.3) is 0 Å². The number of hydrogen-bond donors (Lipinski definition) is 2. The van der Waals surface area contributed by atoms with E-state index in [2.05, 4.69) is 10.2 Å². The second kappa shape index (κ2) is 13.4. The summed E-state index contributed by atoms with van der Waals surface area (Å²) in [5.41, 5.74) is -0.166. The van der Waals surface area contributed by atoms with E-state index in [9.17, 15) is 24.3 Å². The number of benzene rings is 2. The molecule has 4 aliphatic rings. The Balaban J connectivity index is 1.04. The quantitative estimate of drug-likeness (QED) is 0.305. The first-order valence-corrected chi connectivity index (χ1v) is 16.9. The Hall–Kier alpha value is -4.92. The molecule has 3 saturated heterocycles. The van der Waals surface area contributed by atoms with Crippen LogP contribution in [0, 0.1) is 17.6 Å². The lowest BCUT2D eigenvalue weighted by atomic mass is 9.91. The normalized spacial score (nSPS) is 22.1. The number of aromatic carboxylic acids is 1. The molecule has 13 nitrogen and oxygen atoms in total. The molecule has 3 aliphatic heterocycles. The maximum atomic E-state index is 16.0. The summed E-state index contributed by atoms with van der Waals surface area (Å²) in [7, 11) is 1.43. The van der Waals surface area contributed by atoms with Gasteiger partial charge in [-0.25, -0.2) is 18.4 Å². The number of aromatic nitrogens is 1. The van der Waals surface area contributed by atoms with Crippen LogP contribution >= 0.6 is 0 Å². The largest absolute Gasteiger partial charge is 0.492 e. The minimum atomic E-state index is -1.36. The fourth-order valence-electron chi connectivity index (χ4n) is 7.58. The summed E-state index contributed by atoms with van der Waals surface area (Å²) < 4.78 is 49.7. The molecule has 50 heavy (non-hydrogen) atoms. The minimum Gasteiger partial charge on any atom is -0.492 e. The molecule has 2 N–H and O–H groups in total. The predicted octanol–water partition coefficient (Wildman–Crippen LogP) is 3.76. The van der Waals surface area contributed by atoms with Crippen LogP contribution in [0.25, 0.3) is 10.9 Å². The van der Waals surface area contributed by atoms with Gasteiger partial charge in [0, 0.05) is 50.9 Å². The third-order valence-corrected chi connectivity index (χ3v) is 10.2. The van der Waals surface area contributed by atoms with Gasteiger partial charge >= 0.3 is 12.1 Å². The van der Waals surface area contributed by atoms with E-state index >= 15 is 8.78 Å².